The van der Waals surface area contributed by atoms with Crippen LogP contribution >= 0.6 is 15.9 Å². The molecule has 0 spiro atoms. The summed E-state index contributed by atoms with van der Waals surface area (Å²) in [5.74, 6) is -0.400. The highest BCUT2D eigenvalue weighted by Gasteiger charge is 2.21. The summed E-state index contributed by atoms with van der Waals surface area (Å²) in [4.78, 5) is 30.5. The molecule has 31 heavy (non-hydrogen) atoms. The molecule has 2 amide bonds. The van der Waals surface area contributed by atoms with Crippen molar-refractivity contribution in [3.05, 3.63) is 87.4 Å². The van der Waals surface area contributed by atoms with E-state index in [2.05, 4.69) is 39.2 Å². The van der Waals surface area contributed by atoms with Crippen molar-refractivity contribution in [1.29, 1.82) is 0 Å². The van der Waals surface area contributed by atoms with Crippen LogP contribution < -0.4 is 10.2 Å². The summed E-state index contributed by atoms with van der Waals surface area (Å²) in [6, 6.07) is 16.4. The Kier molecular flexibility index (Phi) is 5.69. The molecule has 4 aromatic rings. The summed E-state index contributed by atoms with van der Waals surface area (Å²) in [5, 5.41) is 4.12. The number of para-hydroxylation sites is 1. The second-order valence-electron chi connectivity index (χ2n) is 7.42. The monoisotopic (exact) mass is 479 g/mol. The van der Waals surface area contributed by atoms with Gasteiger partial charge in [-0.3, -0.25) is 9.59 Å². The Morgan fingerprint density at radius 1 is 1.10 bits per heavy atom. The molecule has 0 aliphatic carbocycles. The molecule has 2 aromatic heterocycles. The Balaban J connectivity index is 1.53. The molecule has 0 saturated heterocycles. The van der Waals surface area contributed by atoms with E-state index in [1.54, 1.807) is 43.4 Å². The number of fused-ring (bicyclic) bond motifs is 1. The van der Waals surface area contributed by atoms with Crippen molar-refractivity contribution in [1.82, 2.24) is 10.3 Å². The maximum Gasteiger partial charge on any atom is 0.293 e. The van der Waals surface area contributed by atoms with E-state index in [0.29, 0.717) is 22.5 Å². The molecule has 0 atom stereocenters. The van der Waals surface area contributed by atoms with E-state index in [1.807, 2.05) is 19.1 Å². The molecule has 4 rings (SSSR count). The molecule has 0 unspecified atom stereocenters. The van der Waals surface area contributed by atoms with Gasteiger partial charge in [0.25, 0.3) is 11.8 Å². The van der Waals surface area contributed by atoms with Gasteiger partial charge in [0, 0.05) is 30.2 Å². The maximum atomic E-state index is 13.0. The highest BCUT2D eigenvalue weighted by molar-refractivity contribution is 9.10. The van der Waals surface area contributed by atoms with Gasteiger partial charge in [0.15, 0.2) is 10.4 Å². The average Bonchev–Trinajstić information content (AvgIpc) is 3.34. The van der Waals surface area contributed by atoms with E-state index in [0.717, 1.165) is 22.2 Å². The van der Waals surface area contributed by atoms with Gasteiger partial charge in [-0.15, -0.1) is 0 Å². The van der Waals surface area contributed by atoms with Gasteiger partial charge >= 0.3 is 0 Å². The zero-order valence-corrected chi connectivity index (χ0v) is 19.0. The third-order valence-electron chi connectivity index (χ3n) is 5.42. The number of aromatic amines is 1. The first-order valence-corrected chi connectivity index (χ1v) is 10.6. The van der Waals surface area contributed by atoms with Crippen molar-refractivity contribution in [2.75, 3.05) is 11.9 Å². The van der Waals surface area contributed by atoms with Gasteiger partial charge in [-0.2, -0.15) is 0 Å². The molecule has 0 aliphatic rings. The Morgan fingerprint density at radius 3 is 2.61 bits per heavy atom. The van der Waals surface area contributed by atoms with Crippen LogP contribution in [0.4, 0.5) is 5.69 Å². The van der Waals surface area contributed by atoms with Crippen molar-refractivity contribution >= 4 is 44.3 Å². The van der Waals surface area contributed by atoms with Crippen molar-refractivity contribution in [3.63, 3.8) is 0 Å². The number of nitrogens with zero attached hydrogens (tertiary/aromatic N) is 1. The first-order valence-electron chi connectivity index (χ1n) is 9.83. The molecule has 7 heteroatoms. The molecule has 0 radical (unpaired) electrons. The number of aromatic nitrogens is 1. The lowest BCUT2D eigenvalue weighted by Crippen LogP contribution is -2.30. The quantitative estimate of drug-likeness (QED) is 0.405. The molecule has 2 N–H and O–H groups in total. The number of H-pyrrole nitrogens is 1. The zero-order valence-electron chi connectivity index (χ0n) is 17.5. The van der Waals surface area contributed by atoms with Crippen LogP contribution in [0.15, 0.2) is 63.7 Å². The number of amides is 2. The lowest BCUT2D eigenvalue weighted by Gasteiger charge is -2.19. The predicted octanol–water partition coefficient (Wildman–Crippen LogP) is 5.35. The fraction of sp³-hybridized carbons (Fsp3) is 0.167. The molecule has 2 heterocycles. The highest BCUT2D eigenvalue weighted by atomic mass is 79.9. The summed E-state index contributed by atoms with van der Waals surface area (Å²) < 4.78 is 5.83. The fourth-order valence-corrected chi connectivity index (χ4v) is 3.86. The SMILES string of the molecule is Cc1[nH]c2ccc(CNC(=O)c3ccccc3N(C)C(=O)c3ccc(Br)o3)cc2c1C. The third-order valence-corrected chi connectivity index (χ3v) is 5.85. The summed E-state index contributed by atoms with van der Waals surface area (Å²) in [5.41, 5.74) is 5.36. The number of benzene rings is 2. The summed E-state index contributed by atoms with van der Waals surface area (Å²) >= 11 is 3.20. The molecule has 6 nitrogen and oxygen atoms in total. The summed E-state index contributed by atoms with van der Waals surface area (Å²) in [7, 11) is 1.62. The van der Waals surface area contributed by atoms with Gasteiger partial charge in [0.05, 0.1) is 11.3 Å². The van der Waals surface area contributed by atoms with Gasteiger partial charge in [-0.1, -0.05) is 18.2 Å². The average molecular weight is 480 g/mol. The van der Waals surface area contributed by atoms with Crippen LogP contribution in [0, 0.1) is 13.8 Å². The van der Waals surface area contributed by atoms with E-state index in [9.17, 15) is 9.59 Å². The van der Waals surface area contributed by atoms with Crippen LogP contribution in [0.3, 0.4) is 0 Å². The van der Waals surface area contributed by atoms with E-state index in [4.69, 9.17) is 4.42 Å². The van der Waals surface area contributed by atoms with Crippen molar-refractivity contribution in [2.45, 2.75) is 20.4 Å². The van der Waals surface area contributed by atoms with Crippen molar-refractivity contribution in [3.8, 4) is 0 Å². The van der Waals surface area contributed by atoms with Gasteiger partial charge < -0.3 is 19.6 Å². The Labute approximate surface area is 188 Å². The predicted molar refractivity (Wildman–Crippen MR) is 125 cm³/mol. The molecule has 0 fully saturated rings. The standard InChI is InChI=1S/C24H22BrN3O3/c1-14-15(2)27-19-9-8-16(12-18(14)19)13-26-23(29)17-6-4-5-7-20(17)28(3)24(30)21-10-11-22(25)31-21/h4-12,27H,13H2,1-3H3,(H,26,29). The lowest BCUT2D eigenvalue weighted by molar-refractivity contribution is 0.0951. The maximum absolute atomic E-state index is 13.0. The molecular formula is C24H22BrN3O3. The molecular weight excluding hydrogens is 458 g/mol. The molecule has 158 valence electrons. The second-order valence-corrected chi connectivity index (χ2v) is 8.20. The van der Waals surface area contributed by atoms with Crippen LogP contribution in [0.1, 0.15) is 37.7 Å². The van der Waals surface area contributed by atoms with E-state index < -0.39 is 0 Å². The van der Waals surface area contributed by atoms with Gasteiger partial charge in [-0.25, -0.2) is 0 Å². The lowest BCUT2D eigenvalue weighted by atomic mass is 10.1. The first-order chi connectivity index (χ1) is 14.8. The minimum Gasteiger partial charge on any atom is -0.444 e. The minimum absolute atomic E-state index is 0.190. The number of hydrogen-bond acceptors (Lipinski definition) is 3. The third kappa shape index (κ3) is 4.14. The van der Waals surface area contributed by atoms with Crippen LogP contribution in [0.2, 0.25) is 0 Å². The normalized spacial score (nSPS) is 11.0. The number of furan rings is 1. The van der Waals surface area contributed by atoms with Crippen molar-refractivity contribution < 1.29 is 14.0 Å². The van der Waals surface area contributed by atoms with Crippen LogP contribution in [0.5, 0.6) is 0 Å². The molecule has 0 bridgehead atoms. The van der Waals surface area contributed by atoms with Gasteiger partial charge in [0.2, 0.25) is 0 Å². The van der Waals surface area contributed by atoms with Crippen LogP contribution in [-0.4, -0.2) is 23.8 Å². The fourth-order valence-electron chi connectivity index (χ4n) is 3.56. The van der Waals surface area contributed by atoms with Crippen LogP contribution in [0.25, 0.3) is 10.9 Å². The number of nitrogens with one attached hydrogen (secondary N) is 2. The van der Waals surface area contributed by atoms with Crippen molar-refractivity contribution in [2.24, 2.45) is 0 Å². The highest BCUT2D eigenvalue weighted by Crippen LogP contribution is 2.24. The zero-order chi connectivity index (χ0) is 22.1. The number of aryl methyl sites for hydroxylation is 2. The largest absolute Gasteiger partial charge is 0.444 e. The topological polar surface area (TPSA) is 78.3 Å². The minimum atomic E-state index is -0.338. The van der Waals surface area contributed by atoms with E-state index >= 15 is 0 Å². The smallest absolute Gasteiger partial charge is 0.293 e. The Morgan fingerprint density at radius 2 is 1.87 bits per heavy atom. The molecule has 0 saturated carbocycles. The molecule has 0 aliphatic heterocycles. The molecule has 2 aromatic carbocycles. The Hall–Kier alpha value is -3.32. The Bertz CT molecular complexity index is 1290. The van der Waals surface area contributed by atoms with E-state index in [-0.39, 0.29) is 17.6 Å². The number of halogens is 1. The second kappa shape index (κ2) is 8.43. The van der Waals surface area contributed by atoms with E-state index in [1.165, 1.54) is 10.5 Å². The summed E-state index contributed by atoms with van der Waals surface area (Å²) in [6.07, 6.45) is 0. The number of hydrogen-bond donors (Lipinski definition) is 2. The number of rotatable bonds is 5. The number of carbonyl (C=O) groups is 2. The van der Waals surface area contributed by atoms with Gasteiger partial charge in [-0.05, 0) is 77.3 Å². The number of carbonyl (C=O) groups excluding carboxylic acids is 2. The first kappa shape index (κ1) is 20.9. The number of anilines is 1. The van der Waals surface area contributed by atoms with Crippen LogP contribution in [-0.2, 0) is 6.54 Å². The van der Waals surface area contributed by atoms with Gasteiger partial charge in [0.1, 0.15) is 0 Å². The summed E-state index contributed by atoms with van der Waals surface area (Å²) in [6.45, 7) is 4.51.